The van der Waals surface area contributed by atoms with Gasteiger partial charge in [0.1, 0.15) is 6.33 Å². The van der Waals surface area contributed by atoms with Crippen LogP contribution in [0.3, 0.4) is 0 Å². The fourth-order valence-electron chi connectivity index (χ4n) is 5.85. The molecule has 0 unspecified atom stereocenters. The lowest BCUT2D eigenvalue weighted by molar-refractivity contribution is 0.0282. The topological polar surface area (TPSA) is 69.5 Å². The molecular weight excluding hydrogens is 434 g/mol. The third-order valence-electron chi connectivity index (χ3n) is 7.51. The number of piperidine rings is 1. The Morgan fingerprint density at radius 2 is 1.77 bits per heavy atom. The fourth-order valence-corrected chi connectivity index (χ4v) is 5.85. The van der Waals surface area contributed by atoms with E-state index in [1.54, 1.807) is 6.33 Å². The lowest BCUT2D eigenvalue weighted by Gasteiger charge is -2.35. The molecule has 1 aliphatic rings. The predicted molar refractivity (Wildman–Crippen MR) is 142 cm³/mol. The molecule has 0 aliphatic carbocycles. The number of nitrogens with zero attached hydrogens (tertiary/aromatic N) is 4. The van der Waals surface area contributed by atoms with Gasteiger partial charge in [-0.3, -0.25) is 0 Å². The monoisotopic (exact) mass is 467 g/mol. The minimum atomic E-state index is -0.633. The van der Waals surface area contributed by atoms with Crippen LogP contribution >= 0.6 is 0 Å². The molecule has 0 amide bonds. The number of H-pyrrole nitrogens is 1. The summed E-state index contributed by atoms with van der Waals surface area (Å²) in [5, 5.41) is 17.1. The Kier molecular flexibility index (Phi) is 5.20. The summed E-state index contributed by atoms with van der Waals surface area (Å²) in [5.74, 6) is 0.570. The number of aryl methyl sites for hydroxylation is 2. The highest BCUT2D eigenvalue weighted by Gasteiger charge is 2.25. The maximum absolute atomic E-state index is 10.2. The quantitative estimate of drug-likeness (QED) is 0.361. The zero-order valence-electron chi connectivity index (χ0n) is 21.0. The van der Waals surface area contributed by atoms with Crippen molar-refractivity contribution in [2.45, 2.75) is 52.1 Å². The van der Waals surface area contributed by atoms with Gasteiger partial charge in [0.25, 0.3) is 0 Å². The van der Waals surface area contributed by atoms with Gasteiger partial charge in [-0.05, 0) is 112 Å². The number of aromatic amines is 1. The number of nitrogens with one attached hydrogen (secondary N) is 1. The number of hydrogen-bond acceptors (Lipinski definition) is 4. The van der Waals surface area contributed by atoms with Gasteiger partial charge >= 0.3 is 0 Å². The molecule has 6 heteroatoms. The fraction of sp³-hybridized carbons (Fsp3) is 0.379. The number of hydrogen-bond donors (Lipinski definition) is 2. The average molecular weight is 468 g/mol. The molecule has 35 heavy (non-hydrogen) atoms. The van der Waals surface area contributed by atoms with Crippen molar-refractivity contribution in [1.29, 1.82) is 0 Å². The number of fused-ring (bicyclic) bond motifs is 4. The molecule has 6 rings (SSSR count). The zero-order valence-corrected chi connectivity index (χ0v) is 21.0. The van der Waals surface area contributed by atoms with E-state index in [0.717, 1.165) is 54.8 Å². The van der Waals surface area contributed by atoms with Crippen LogP contribution in [0.15, 0.2) is 48.9 Å². The Labute approximate surface area is 205 Å². The number of rotatable bonds is 4. The number of benzene rings is 2. The normalized spacial score (nSPS) is 16.1. The summed E-state index contributed by atoms with van der Waals surface area (Å²) < 4.78 is 1.86. The van der Waals surface area contributed by atoms with Crippen LogP contribution in [0.2, 0.25) is 0 Å². The van der Waals surface area contributed by atoms with Crippen molar-refractivity contribution in [3.63, 3.8) is 0 Å². The molecular formula is C29H33N5O. The molecule has 2 aromatic carbocycles. The predicted octanol–water partition coefficient (Wildman–Crippen LogP) is 5.60. The molecule has 1 saturated heterocycles. The molecule has 0 bridgehead atoms. The largest absolute Gasteiger partial charge is 0.389 e. The van der Waals surface area contributed by atoms with Crippen LogP contribution in [0.1, 0.15) is 49.3 Å². The van der Waals surface area contributed by atoms with Crippen molar-refractivity contribution < 1.29 is 5.11 Å². The van der Waals surface area contributed by atoms with E-state index in [0.29, 0.717) is 5.92 Å². The van der Waals surface area contributed by atoms with Crippen LogP contribution in [-0.2, 0) is 0 Å². The Bertz CT molecular complexity index is 1550. The first-order valence-corrected chi connectivity index (χ1v) is 12.6. The van der Waals surface area contributed by atoms with Crippen molar-refractivity contribution in [2.24, 2.45) is 0 Å². The van der Waals surface area contributed by atoms with Crippen LogP contribution in [0.25, 0.3) is 38.6 Å². The van der Waals surface area contributed by atoms with Gasteiger partial charge in [-0.2, -0.15) is 5.10 Å². The van der Waals surface area contributed by atoms with Gasteiger partial charge in [0.05, 0.1) is 5.60 Å². The molecule has 3 aromatic heterocycles. The molecule has 0 atom stereocenters. The van der Waals surface area contributed by atoms with E-state index in [1.165, 1.54) is 33.0 Å². The zero-order chi connectivity index (χ0) is 24.3. The number of pyridine rings is 1. The van der Waals surface area contributed by atoms with Crippen molar-refractivity contribution in [2.75, 3.05) is 19.6 Å². The Hall–Kier alpha value is -3.22. The van der Waals surface area contributed by atoms with Crippen LogP contribution in [0.4, 0.5) is 0 Å². The van der Waals surface area contributed by atoms with E-state index in [1.807, 2.05) is 18.4 Å². The smallest absolute Gasteiger partial charge is 0.158 e. The first-order chi connectivity index (χ1) is 16.7. The molecule has 4 heterocycles. The SMILES string of the molecule is Cc1cc2c(cc1-c1cc(C)c3ncnn3c1)[nH]c1ccc(C3CCN(CC(C)(C)O)CC3)cc12. The Morgan fingerprint density at radius 1 is 1.00 bits per heavy atom. The van der Waals surface area contributed by atoms with E-state index in [2.05, 4.69) is 76.4 Å². The average Bonchev–Trinajstić information content (AvgIpc) is 3.42. The highest BCUT2D eigenvalue weighted by molar-refractivity contribution is 6.09. The lowest BCUT2D eigenvalue weighted by atomic mass is 9.88. The van der Waals surface area contributed by atoms with Crippen molar-refractivity contribution in [3.05, 3.63) is 65.6 Å². The summed E-state index contributed by atoms with van der Waals surface area (Å²) in [7, 11) is 0. The second-order valence-corrected chi connectivity index (χ2v) is 10.9. The van der Waals surface area contributed by atoms with Crippen LogP contribution in [0, 0.1) is 13.8 Å². The number of aliphatic hydroxyl groups is 1. The van der Waals surface area contributed by atoms with Gasteiger partial charge in [0, 0.05) is 40.1 Å². The lowest BCUT2D eigenvalue weighted by Crippen LogP contribution is -2.42. The van der Waals surface area contributed by atoms with Crippen LogP contribution < -0.4 is 0 Å². The second-order valence-electron chi connectivity index (χ2n) is 10.9. The number of likely N-dealkylation sites (tertiary alicyclic amines) is 1. The Morgan fingerprint density at radius 3 is 2.54 bits per heavy atom. The number of β-amino-alcohol motifs (C(OH)–C–C–N with tert-alkyl or cyclic N) is 1. The maximum atomic E-state index is 10.2. The van der Waals surface area contributed by atoms with Gasteiger partial charge in [0.2, 0.25) is 0 Å². The third-order valence-corrected chi connectivity index (χ3v) is 7.51. The maximum Gasteiger partial charge on any atom is 0.158 e. The molecule has 5 aromatic rings. The molecule has 0 spiro atoms. The molecule has 1 aliphatic heterocycles. The minimum Gasteiger partial charge on any atom is -0.389 e. The molecule has 0 radical (unpaired) electrons. The van der Waals surface area contributed by atoms with Gasteiger partial charge < -0.3 is 15.0 Å². The molecule has 0 saturated carbocycles. The summed E-state index contributed by atoms with van der Waals surface area (Å²) in [6.07, 6.45) is 5.94. The van der Waals surface area contributed by atoms with E-state index in [4.69, 9.17) is 0 Å². The molecule has 1 fully saturated rings. The van der Waals surface area contributed by atoms with E-state index < -0.39 is 5.60 Å². The van der Waals surface area contributed by atoms with E-state index in [-0.39, 0.29) is 0 Å². The summed E-state index contributed by atoms with van der Waals surface area (Å²) in [6, 6.07) is 13.7. The molecule has 180 valence electrons. The van der Waals surface area contributed by atoms with Gasteiger partial charge in [0.15, 0.2) is 5.65 Å². The van der Waals surface area contributed by atoms with Crippen molar-refractivity contribution in [3.8, 4) is 11.1 Å². The Balaban J connectivity index is 1.33. The standard InChI is InChI=1S/C29H33N5O/c1-18-12-24-25-13-21(20-7-9-33(10-8-20)16-29(3,4)35)5-6-26(25)32-27(24)14-23(18)22-11-19(2)28-30-17-31-34(28)15-22/h5-6,11-15,17,20,32,35H,7-10,16H2,1-4H3. The molecule has 6 nitrogen and oxygen atoms in total. The highest BCUT2D eigenvalue weighted by Crippen LogP contribution is 2.36. The highest BCUT2D eigenvalue weighted by atomic mass is 16.3. The van der Waals surface area contributed by atoms with Gasteiger partial charge in [-0.25, -0.2) is 9.50 Å². The second kappa shape index (κ2) is 8.18. The summed E-state index contributed by atoms with van der Waals surface area (Å²) >= 11 is 0. The number of aromatic nitrogens is 4. The molecule has 2 N–H and O–H groups in total. The minimum absolute atomic E-state index is 0.570. The first kappa shape index (κ1) is 22.3. The van der Waals surface area contributed by atoms with Crippen LogP contribution in [0.5, 0.6) is 0 Å². The first-order valence-electron chi connectivity index (χ1n) is 12.6. The van der Waals surface area contributed by atoms with Crippen molar-refractivity contribution >= 4 is 27.5 Å². The summed E-state index contributed by atoms with van der Waals surface area (Å²) in [6.45, 7) is 10.9. The summed E-state index contributed by atoms with van der Waals surface area (Å²) in [5.41, 5.74) is 8.77. The van der Waals surface area contributed by atoms with Crippen molar-refractivity contribution in [1.82, 2.24) is 24.5 Å². The third kappa shape index (κ3) is 4.11. The van der Waals surface area contributed by atoms with Gasteiger partial charge in [-0.1, -0.05) is 6.07 Å². The van der Waals surface area contributed by atoms with Crippen LogP contribution in [-0.4, -0.2) is 54.8 Å². The van der Waals surface area contributed by atoms with E-state index in [9.17, 15) is 5.11 Å². The van der Waals surface area contributed by atoms with Gasteiger partial charge in [-0.15, -0.1) is 0 Å². The summed E-state index contributed by atoms with van der Waals surface area (Å²) in [4.78, 5) is 10.4. The van der Waals surface area contributed by atoms with E-state index >= 15 is 0 Å².